The van der Waals surface area contributed by atoms with Gasteiger partial charge in [0.15, 0.2) is 17.1 Å². The summed E-state index contributed by atoms with van der Waals surface area (Å²) in [6, 6.07) is 17.5. The van der Waals surface area contributed by atoms with Gasteiger partial charge in [-0.15, -0.1) is 10.2 Å². The van der Waals surface area contributed by atoms with Crippen LogP contribution in [0.3, 0.4) is 0 Å². The van der Waals surface area contributed by atoms with E-state index in [1.54, 1.807) is 0 Å². The van der Waals surface area contributed by atoms with Crippen LogP contribution in [0, 0.1) is 0 Å². The summed E-state index contributed by atoms with van der Waals surface area (Å²) >= 11 is 1.38. The summed E-state index contributed by atoms with van der Waals surface area (Å²) < 4.78 is 7.97. The van der Waals surface area contributed by atoms with Gasteiger partial charge in [0, 0.05) is 12.2 Å². The normalized spacial score (nSPS) is 11.8. The Kier molecular flexibility index (Phi) is 7.30. The highest BCUT2D eigenvalue weighted by molar-refractivity contribution is 7.99. The second-order valence-electron chi connectivity index (χ2n) is 6.51. The first-order valence-electron chi connectivity index (χ1n) is 9.77. The standard InChI is InChI=1S/C22H26N4O2S/c1-4-17-11-9-10-14-19(17)23-20(27)15-29-22-25-24-21(26(22)5-2)16(3)28-18-12-7-6-8-13-18/h6-14,16H,4-5,15H2,1-3H3,(H,23,27)/t16-/m0/s1. The lowest BCUT2D eigenvalue weighted by Gasteiger charge is -2.15. The van der Waals surface area contributed by atoms with Crippen molar-refractivity contribution in [3.8, 4) is 5.75 Å². The van der Waals surface area contributed by atoms with Gasteiger partial charge in [-0.05, 0) is 44.0 Å². The van der Waals surface area contributed by atoms with Gasteiger partial charge in [0.25, 0.3) is 0 Å². The van der Waals surface area contributed by atoms with Crippen molar-refractivity contribution in [1.82, 2.24) is 14.8 Å². The van der Waals surface area contributed by atoms with Crippen LogP contribution in [0.4, 0.5) is 5.69 Å². The average molecular weight is 411 g/mol. The fourth-order valence-corrected chi connectivity index (χ4v) is 3.84. The van der Waals surface area contributed by atoms with Crippen molar-refractivity contribution in [3.05, 3.63) is 66.0 Å². The molecule has 0 saturated heterocycles. The first kappa shape index (κ1) is 20.9. The molecule has 0 bridgehead atoms. The zero-order valence-corrected chi connectivity index (χ0v) is 17.8. The van der Waals surface area contributed by atoms with E-state index in [9.17, 15) is 4.79 Å². The monoisotopic (exact) mass is 410 g/mol. The molecule has 1 aromatic heterocycles. The molecule has 0 radical (unpaired) electrons. The minimum absolute atomic E-state index is 0.0586. The molecule has 6 nitrogen and oxygen atoms in total. The van der Waals surface area contributed by atoms with Crippen LogP contribution >= 0.6 is 11.8 Å². The van der Waals surface area contributed by atoms with Gasteiger partial charge in [-0.1, -0.05) is 55.1 Å². The number of rotatable bonds is 9. The maximum atomic E-state index is 12.4. The molecule has 7 heteroatoms. The summed E-state index contributed by atoms with van der Waals surface area (Å²) in [6.07, 6.45) is 0.626. The maximum Gasteiger partial charge on any atom is 0.234 e. The number of hydrogen-bond donors (Lipinski definition) is 1. The van der Waals surface area contributed by atoms with Crippen molar-refractivity contribution in [2.75, 3.05) is 11.1 Å². The summed E-state index contributed by atoms with van der Waals surface area (Å²) in [5, 5.41) is 12.3. The van der Waals surface area contributed by atoms with Crippen molar-refractivity contribution < 1.29 is 9.53 Å². The fraction of sp³-hybridized carbons (Fsp3) is 0.318. The van der Waals surface area contributed by atoms with E-state index in [1.807, 2.05) is 73.0 Å². The third-order valence-electron chi connectivity index (χ3n) is 4.49. The van der Waals surface area contributed by atoms with Gasteiger partial charge in [0.2, 0.25) is 5.91 Å². The van der Waals surface area contributed by atoms with E-state index in [-0.39, 0.29) is 17.8 Å². The van der Waals surface area contributed by atoms with E-state index in [2.05, 4.69) is 22.4 Å². The Morgan fingerprint density at radius 2 is 1.83 bits per heavy atom. The van der Waals surface area contributed by atoms with Gasteiger partial charge in [0.1, 0.15) is 5.75 Å². The second kappa shape index (κ2) is 10.1. The van der Waals surface area contributed by atoms with Gasteiger partial charge in [0.05, 0.1) is 5.75 Å². The largest absolute Gasteiger partial charge is 0.483 e. The molecule has 0 aliphatic heterocycles. The smallest absolute Gasteiger partial charge is 0.234 e. The summed E-state index contributed by atoms with van der Waals surface area (Å²) in [5.74, 6) is 1.74. The zero-order valence-electron chi connectivity index (χ0n) is 17.0. The van der Waals surface area contributed by atoms with Gasteiger partial charge in [-0.2, -0.15) is 0 Å². The second-order valence-corrected chi connectivity index (χ2v) is 7.45. The molecule has 1 N–H and O–H groups in total. The van der Waals surface area contributed by atoms with Crippen LogP contribution in [0.25, 0.3) is 0 Å². The Balaban J connectivity index is 1.63. The van der Waals surface area contributed by atoms with Crippen molar-refractivity contribution in [1.29, 1.82) is 0 Å². The lowest BCUT2D eigenvalue weighted by molar-refractivity contribution is -0.113. The number of anilines is 1. The molecular formula is C22H26N4O2S. The molecule has 1 amide bonds. The van der Waals surface area contributed by atoms with Gasteiger partial charge in [-0.25, -0.2) is 0 Å². The lowest BCUT2D eigenvalue weighted by atomic mass is 10.1. The van der Waals surface area contributed by atoms with Crippen molar-refractivity contribution in [2.45, 2.75) is 45.0 Å². The Morgan fingerprint density at radius 1 is 1.10 bits per heavy atom. The average Bonchev–Trinajstić information content (AvgIpc) is 3.16. The van der Waals surface area contributed by atoms with Crippen molar-refractivity contribution >= 4 is 23.4 Å². The van der Waals surface area contributed by atoms with E-state index in [4.69, 9.17) is 4.74 Å². The number of aromatic nitrogens is 3. The van der Waals surface area contributed by atoms with E-state index in [0.717, 1.165) is 29.2 Å². The van der Waals surface area contributed by atoms with Gasteiger partial charge >= 0.3 is 0 Å². The minimum Gasteiger partial charge on any atom is -0.483 e. The van der Waals surface area contributed by atoms with Crippen LogP contribution < -0.4 is 10.1 Å². The van der Waals surface area contributed by atoms with Crippen LogP contribution in [0.2, 0.25) is 0 Å². The molecule has 1 atom stereocenters. The van der Waals surface area contributed by atoms with Crippen LogP contribution in [-0.4, -0.2) is 26.4 Å². The van der Waals surface area contributed by atoms with E-state index < -0.39 is 0 Å². The number of thioether (sulfide) groups is 1. The summed E-state index contributed by atoms with van der Waals surface area (Å²) in [5.41, 5.74) is 1.99. The van der Waals surface area contributed by atoms with Crippen LogP contribution in [0.1, 0.15) is 38.3 Å². The number of carbonyl (C=O) groups excluding carboxylic acids is 1. The third-order valence-corrected chi connectivity index (χ3v) is 5.45. The highest BCUT2D eigenvalue weighted by Gasteiger charge is 2.19. The molecule has 1 heterocycles. The van der Waals surface area contributed by atoms with Crippen LogP contribution in [0.5, 0.6) is 5.75 Å². The third kappa shape index (κ3) is 5.38. The molecule has 0 aliphatic carbocycles. The number of aryl methyl sites for hydroxylation is 1. The van der Waals surface area contributed by atoms with Crippen molar-refractivity contribution in [3.63, 3.8) is 0 Å². The Hall–Kier alpha value is -2.80. The number of para-hydroxylation sites is 2. The first-order valence-corrected chi connectivity index (χ1v) is 10.8. The maximum absolute atomic E-state index is 12.4. The molecule has 2 aromatic carbocycles. The molecule has 3 aromatic rings. The highest BCUT2D eigenvalue weighted by atomic mass is 32.2. The number of benzene rings is 2. The number of nitrogens with zero attached hydrogens (tertiary/aromatic N) is 3. The molecule has 0 saturated carbocycles. The SMILES string of the molecule is CCc1ccccc1NC(=O)CSc1nnc([C@H](C)Oc2ccccc2)n1CC. The predicted molar refractivity (Wildman–Crippen MR) is 116 cm³/mol. The topological polar surface area (TPSA) is 69.0 Å². The van der Waals surface area contributed by atoms with Crippen molar-refractivity contribution in [2.24, 2.45) is 0 Å². The summed E-state index contributed by atoms with van der Waals surface area (Å²) in [4.78, 5) is 12.4. The summed E-state index contributed by atoms with van der Waals surface area (Å²) in [7, 11) is 0. The number of amides is 1. The molecule has 0 spiro atoms. The number of ether oxygens (including phenoxy) is 1. The molecule has 0 unspecified atom stereocenters. The number of carbonyl (C=O) groups is 1. The quantitative estimate of drug-likeness (QED) is 0.517. The molecular weight excluding hydrogens is 384 g/mol. The zero-order chi connectivity index (χ0) is 20.6. The Bertz CT molecular complexity index is 943. The molecule has 0 aliphatic rings. The molecule has 29 heavy (non-hydrogen) atoms. The Morgan fingerprint density at radius 3 is 2.55 bits per heavy atom. The predicted octanol–water partition coefficient (Wildman–Crippen LogP) is 4.73. The molecule has 152 valence electrons. The first-order chi connectivity index (χ1) is 14.1. The fourth-order valence-electron chi connectivity index (χ4n) is 3.03. The van der Waals surface area contributed by atoms with E-state index in [1.165, 1.54) is 11.8 Å². The molecule has 3 rings (SSSR count). The van der Waals surface area contributed by atoms with Gasteiger partial charge in [-0.3, -0.25) is 4.79 Å². The minimum atomic E-state index is -0.246. The summed E-state index contributed by atoms with van der Waals surface area (Å²) in [6.45, 7) is 6.76. The Labute approximate surface area is 175 Å². The molecule has 0 fully saturated rings. The van der Waals surface area contributed by atoms with Crippen LogP contribution in [0.15, 0.2) is 59.8 Å². The highest BCUT2D eigenvalue weighted by Crippen LogP contribution is 2.25. The van der Waals surface area contributed by atoms with Crippen LogP contribution in [-0.2, 0) is 17.8 Å². The van der Waals surface area contributed by atoms with Gasteiger partial charge < -0.3 is 14.6 Å². The number of nitrogens with one attached hydrogen (secondary N) is 1. The number of hydrogen-bond acceptors (Lipinski definition) is 5. The lowest BCUT2D eigenvalue weighted by Crippen LogP contribution is -2.16. The van der Waals surface area contributed by atoms with E-state index in [0.29, 0.717) is 11.7 Å². The van der Waals surface area contributed by atoms with E-state index >= 15 is 0 Å².